The number of hydrogen-bond acceptors (Lipinski definition) is 0. The van der Waals surface area contributed by atoms with Gasteiger partial charge in [0.2, 0.25) is 0 Å². The first kappa shape index (κ1) is 16.0. The van der Waals surface area contributed by atoms with Crippen molar-refractivity contribution in [3.05, 3.63) is 86.3 Å². The van der Waals surface area contributed by atoms with E-state index in [-0.39, 0.29) is 0 Å². The van der Waals surface area contributed by atoms with Gasteiger partial charge in [-0.3, -0.25) is 0 Å². The van der Waals surface area contributed by atoms with Crippen LogP contribution in [0.2, 0.25) is 0 Å². The van der Waals surface area contributed by atoms with Crippen LogP contribution in [0, 0.1) is 27.7 Å². The van der Waals surface area contributed by atoms with Gasteiger partial charge in [-0.15, -0.1) is 0 Å². The molecule has 118 valence electrons. The summed E-state index contributed by atoms with van der Waals surface area (Å²) in [6, 6.07) is 9.07. The Morgan fingerprint density at radius 3 is 2.33 bits per heavy atom. The van der Waals surface area contributed by atoms with Gasteiger partial charge in [0.1, 0.15) is 0 Å². The van der Waals surface area contributed by atoms with Crippen molar-refractivity contribution in [1.82, 2.24) is 0 Å². The van der Waals surface area contributed by atoms with Gasteiger partial charge in [-0.25, -0.2) is 0 Å². The van der Waals surface area contributed by atoms with Gasteiger partial charge < -0.3 is 0 Å². The molecule has 0 radical (unpaired) electrons. The summed E-state index contributed by atoms with van der Waals surface area (Å²) in [6.45, 7) is 13.4. The zero-order chi connectivity index (χ0) is 17.0. The van der Waals surface area contributed by atoms with E-state index in [9.17, 15) is 0 Å². The van der Waals surface area contributed by atoms with Crippen LogP contribution in [0.25, 0.3) is 15.5 Å². The maximum absolute atomic E-state index is 4.40. The summed E-state index contributed by atoms with van der Waals surface area (Å²) in [5, 5.41) is 2.93. The molecule has 0 bridgehead atoms. The number of benzene rings is 2. The van der Waals surface area contributed by atoms with Gasteiger partial charge in [-0.2, -0.15) is 0 Å². The topological polar surface area (TPSA) is 0 Å². The molecular formula is C23H22Hf. The molecule has 2 aromatic carbocycles. The first-order chi connectivity index (χ1) is 11.5. The van der Waals surface area contributed by atoms with Crippen molar-refractivity contribution in [3.63, 3.8) is 0 Å². The van der Waals surface area contributed by atoms with E-state index < -0.39 is 22.9 Å². The molecule has 0 aliphatic heterocycles. The van der Waals surface area contributed by atoms with Gasteiger partial charge in [0.15, 0.2) is 0 Å². The predicted molar refractivity (Wildman–Crippen MR) is 99.9 cm³/mol. The van der Waals surface area contributed by atoms with Crippen LogP contribution in [0.1, 0.15) is 37.1 Å². The molecule has 0 nitrogen and oxygen atoms in total. The second-order valence-electron chi connectivity index (χ2n) is 7.04. The predicted octanol–water partition coefficient (Wildman–Crippen LogP) is 4.23. The summed E-state index contributed by atoms with van der Waals surface area (Å²) in [6.07, 6.45) is 7.15. The van der Waals surface area contributed by atoms with E-state index in [2.05, 4.69) is 76.8 Å². The van der Waals surface area contributed by atoms with E-state index in [1.165, 1.54) is 43.8 Å². The summed E-state index contributed by atoms with van der Waals surface area (Å²) in [7, 11) is 0. The molecule has 0 saturated heterocycles. The number of allylic oxidation sites excluding steroid dienone is 2. The van der Waals surface area contributed by atoms with Gasteiger partial charge >= 0.3 is 156 Å². The molecule has 1 unspecified atom stereocenters. The Labute approximate surface area is 155 Å². The quantitative estimate of drug-likeness (QED) is 0.569. The van der Waals surface area contributed by atoms with E-state index in [0.717, 1.165) is 0 Å². The summed E-state index contributed by atoms with van der Waals surface area (Å²) < 4.78 is 2.28. The number of aryl methyl sites for hydroxylation is 4. The van der Waals surface area contributed by atoms with Gasteiger partial charge in [0.25, 0.3) is 0 Å². The number of rotatable bonds is 2. The fraction of sp³-hybridized carbons (Fsp3) is 0.217. The van der Waals surface area contributed by atoms with Crippen molar-refractivity contribution in [2.24, 2.45) is 0 Å². The normalized spacial score (nSPS) is 17.8. The summed E-state index contributed by atoms with van der Waals surface area (Å²) in [5.41, 5.74) is 10.00. The Morgan fingerprint density at radius 2 is 1.54 bits per heavy atom. The molecular weight excluding hydrogens is 455 g/mol. The third-order valence-electron chi connectivity index (χ3n) is 5.35. The van der Waals surface area contributed by atoms with Gasteiger partial charge in [0.05, 0.1) is 0 Å². The molecule has 2 aliphatic carbocycles. The van der Waals surface area contributed by atoms with Crippen LogP contribution in [0.3, 0.4) is 0 Å². The number of fused-ring (bicyclic) bond motifs is 2. The zero-order valence-electron chi connectivity index (χ0n) is 14.8. The summed E-state index contributed by atoms with van der Waals surface area (Å²) in [5.74, 6) is 0. The van der Waals surface area contributed by atoms with Crippen molar-refractivity contribution in [3.8, 4) is 0 Å². The molecule has 0 saturated carbocycles. The van der Waals surface area contributed by atoms with Crippen molar-refractivity contribution in [2.75, 3.05) is 0 Å². The van der Waals surface area contributed by atoms with E-state index in [0.29, 0.717) is 3.67 Å². The van der Waals surface area contributed by atoms with Crippen molar-refractivity contribution in [2.45, 2.75) is 31.4 Å². The molecule has 1 heteroatoms. The molecule has 0 aromatic heterocycles. The van der Waals surface area contributed by atoms with Crippen LogP contribution in [0.5, 0.6) is 0 Å². The monoisotopic (exact) mass is 478 g/mol. The Bertz CT molecular complexity index is 1030. The first-order valence-corrected chi connectivity index (χ1v) is 12.4. The van der Waals surface area contributed by atoms with E-state index in [4.69, 9.17) is 0 Å². The van der Waals surface area contributed by atoms with Gasteiger partial charge in [0, 0.05) is 0 Å². The molecule has 0 amide bonds. The third kappa shape index (κ3) is 2.37. The minimum atomic E-state index is -1.08. The minimum absolute atomic E-state index is 0.658. The molecule has 0 fully saturated rings. The van der Waals surface area contributed by atoms with Crippen LogP contribution in [-0.2, 0) is 22.9 Å². The van der Waals surface area contributed by atoms with Crippen LogP contribution in [0.4, 0.5) is 0 Å². The molecule has 0 spiro atoms. The third-order valence-corrected chi connectivity index (χ3v) is 11.3. The molecule has 2 aliphatic rings. The molecule has 1 atom stereocenters. The molecule has 0 N–H and O–H groups in total. The second kappa shape index (κ2) is 5.81. The van der Waals surface area contributed by atoms with Crippen LogP contribution in [-0.4, -0.2) is 0 Å². The Balaban J connectivity index is 1.86. The van der Waals surface area contributed by atoms with Crippen molar-refractivity contribution >= 4 is 15.5 Å². The van der Waals surface area contributed by atoms with Crippen LogP contribution >= 0.6 is 0 Å². The second-order valence-corrected chi connectivity index (χ2v) is 12.1. The fourth-order valence-corrected chi connectivity index (χ4v) is 10.3. The van der Waals surface area contributed by atoms with Gasteiger partial charge in [-0.1, -0.05) is 0 Å². The fourth-order valence-electron chi connectivity index (χ4n) is 3.98. The van der Waals surface area contributed by atoms with E-state index >= 15 is 0 Å². The van der Waals surface area contributed by atoms with E-state index in [1.54, 1.807) is 8.89 Å². The van der Waals surface area contributed by atoms with E-state index in [1.807, 2.05) is 0 Å². The van der Waals surface area contributed by atoms with Crippen LogP contribution < -0.4 is 10.4 Å². The SMILES string of the molecule is C=C1C=c2c(C)ccc(C)c2=[C]1[Hf][CH]1C=Cc2c(C)ccc(C)c21. The molecule has 0 heterocycles. The summed E-state index contributed by atoms with van der Waals surface area (Å²) in [4.78, 5) is 0. The molecule has 24 heavy (non-hydrogen) atoms. The Morgan fingerprint density at radius 1 is 0.875 bits per heavy atom. The zero-order valence-corrected chi connectivity index (χ0v) is 18.4. The Hall–Kier alpha value is -1.47. The van der Waals surface area contributed by atoms with Gasteiger partial charge in [-0.05, 0) is 0 Å². The molecule has 4 rings (SSSR count). The van der Waals surface area contributed by atoms with Crippen molar-refractivity contribution in [1.29, 1.82) is 0 Å². The standard InChI is InChI=1S/C12H11.C11H11.Hf/c1-8-6-11-9(2)4-5-10(3)12(11)7-8;1-8-6-7-9(2)11-5-3-4-10(8)11;/h4-6H,1H2,2-3H3;3-7H,1-2H3;. The number of hydrogen-bond donors (Lipinski definition) is 0. The van der Waals surface area contributed by atoms with Crippen molar-refractivity contribution < 1.29 is 22.9 Å². The average Bonchev–Trinajstić information content (AvgIpc) is 3.11. The molecule has 2 aromatic rings. The maximum atomic E-state index is 4.40. The Kier molecular flexibility index (Phi) is 3.88. The average molecular weight is 477 g/mol. The van der Waals surface area contributed by atoms with Crippen LogP contribution in [0.15, 0.2) is 42.5 Å². The first-order valence-electron chi connectivity index (χ1n) is 8.53. The summed E-state index contributed by atoms with van der Waals surface area (Å²) >= 11 is -1.08.